The molecule has 0 amide bonds. The Morgan fingerprint density at radius 1 is 1.22 bits per heavy atom. The standard InChI is InChI=1S/C15H24O3/c1-5-15(3,4)18-11-13(16)12-9-7-8-10-14(12)17-6-2/h7-10,13,16H,5-6,11H2,1-4H3. The van der Waals surface area contributed by atoms with Gasteiger partial charge in [-0.15, -0.1) is 0 Å². The van der Waals surface area contributed by atoms with E-state index in [4.69, 9.17) is 9.47 Å². The first-order valence-electron chi connectivity index (χ1n) is 6.54. The lowest BCUT2D eigenvalue weighted by Crippen LogP contribution is -2.26. The monoisotopic (exact) mass is 252 g/mol. The molecule has 18 heavy (non-hydrogen) atoms. The van der Waals surface area contributed by atoms with E-state index in [9.17, 15) is 5.11 Å². The van der Waals surface area contributed by atoms with Gasteiger partial charge in [-0.2, -0.15) is 0 Å². The predicted octanol–water partition coefficient (Wildman–Crippen LogP) is 3.32. The molecule has 1 N–H and O–H groups in total. The van der Waals surface area contributed by atoms with Crippen LogP contribution in [0.5, 0.6) is 5.75 Å². The first-order chi connectivity index (χ1) is 8.50. The molecule has 1 aromatic carbocycles. The topological polar surface area (TPSA) is 38.7 Å². The number of hydrogen-bond donors (Lipinski definition) is 1. The lowest BCUT2D eigenvalue weighted by atomic mass is 10.1. The second-order valence-electron chi connectivity index (χ2n) is 4.91. The van der Waals surface area contributed by atoms with E-state index in [1.165, 1.54) is 0 Å². The number of hydrogen-bond acceptors (Lipinski definition) is 3. The van der Waals surface area contributed by atoms with Crippen LogP contribution in [-0.4, -0.2) is 23.9 Å². The molecule has 0 saturated carbocycles. The van der Waals surface area contributed by atoms with Gasteiger partial charge in [0.2, 0.25) is 0 Å². The van der Waals surface area contributed by atoms with Gasteiger partial charge in [0.05, 0.1) is 18.8 Å². The molecule has 0 aliphatic rings. The van der Waals surface area contributed by atoms with E-state index in [0.29, 0.717) is 6.61 Å². The molecule has 0 fully saturated rings. The van der Waals surface area contributed by atoms with Crippen molar-refractivity contribution >= 4 is 0 Å². The Bertz CT molecular complexity index is 361. The van der Waals surface area contributed by atoms with Crippen molar-refractivity contribution in [3.8, 4) is 5.75 Å². The van der Waals surface area contributed by atoms with E-state index in [2.05, 4.69) is 6.92 Å². The normalized spacial score (nSPS) is 13.4. The largest absolute Gasteiger partial charge is 0.493 e. The maximum atomic E-state index is 10.2. The van der Waals surface area contributed by atoms with Gasteiger partial charge in [-0.05, 0) is 33.3 Å². The third kappa shape index (κ3) is 4.31. The highest BCUT2D eigenvalue weighted by atomic mass is 16.5. The molecule has 1 rings (SSSR count). The third-order valence-corrected chi connectivity index (χ3v) is 3.06. The van der Waals surface area contributed by atoms with Crippen molar-refractivity contribution < 1.29 is 14.6 Å². The zero-order valence-electron chi connectivity index (χ0n) is 11.8. The minimum absolute atomic E-state index is 0.207. The minimum atomic E-state index is -0.654. The van der Waals surface area contributed by atoms with Gasteiger partial charge < -0.3 is 14.6 Å². The first kappa shape index (κ1) is 15.0. The van der Waals surface area contributed by atoms with Crippen molar-refractivity contribution in [3.63, 3.8) is 0 Å². The van der Waals surface area contributed by atoms with E-state index in [-0.39, 0.29) is 12.2 Å². The van der Waals surface area contributed by atoms with E-state index in [1.807, 2.05) is 45.0 Å². The van der Waals surface area contributed by atoms with Gasteiger partial charge in [0.1, 0.15) is 11.9 Å². The van der Waals surface area contributed by atoms with Gasteiger partial charge in [0.25, 0.3) is 0 Å². The lowest BCUT2D eigenvalue weighted by molar-refractivity contribution is -0.0623. The molecule has 0 aromatic heterocycles. The summed E-state index contributed by atoms with van der Waals surface area (Å²) in [7, 11) is 0. The van der Waals surface area contributed by atoms with Crippen molar-refractivity contribution in [2.45, 2.75) is 45.8 Å². The first-order valence-corrected chi connectivity index (χ1v) is 6.54. The van der Waals surface area contributed by atoms with Gasteiger partial charge in [0.15, 0.2) is 0 Å². The Morgan fingerprint density at radius 2 is 1.89 bits per heavy atom. The van der Waals surface area contributed by atoms with Crippen LogP contribution in [0.2, 0.25) is 0 Å². The maximum Gasteiger partial charge on any atom is 0.125 e. The number of ether oxygens (including phenoxy) is 2. The van der Waals surface area contributed by atoms with Crippen molar-refractivity contribution in [2.24, 2.45) is 0 Å². The summed E-state index contributed by atoms with van der Waals surface area (Å²) < 4.78 is 11.2. The summed E-state index contributed by atoms with van der Waals surface area (Å²) in [5, 5.41) is 10.2. The number of rotatable bonds is 7. The summed E-state index contributed by atoms with van der Waals surface area (Å²) in [6, 6.07) is 7.54. The van der Waals surface area contributed by atoms with Crippen LogP contribution in [0.25, 0.3) is 0 Å². The van der Waals surface area contributed by atoms with E-state index >= 15 is 0 Å². The van der Waals surface area contributed by atoms with E-state index < -0.39 is 6.10 Å². The number of benzene rings is 1. The molecule has 1 atom stereocenters. The number of para-hydroxylation sites is 1. The molecule has 102 valence electrons. The Kier molecular flexibility index (Phi) is 5.63. The SMILES string of the molecule is CCOc1ccccc1C(O)COC(C)(C)CC. The van der Waals surface area contributed by atoms with Gasteiger partial charge in [-0.25, -0.2) is 0 Å². The molecule has 3 nitrogen and oxygen atoms in total. The molecule has 1 aromatic rings. The van der Waals surface area contributed by atoms with Crippen LogP contribution in [0.15, 0.2) is 24.3 Å². The number of aliphatic hydroxyl groups excluding tert-OH is 1. The Labute approximate surface area is 110 Å². The molecule has 0 aliphatic carbocycles. The fourth-order valence-electron chi connectivity index (χ4n) is 1.54. The average molecular weight is 252 g/mol. The highest BCUT2D eigenvalue weighted by Crippen LogP contribution is 2.26. The molecule has 3 heteroatoms. The molecule has 0 bridgehead atoms. The summed E-state index contributed by atoms with van der Waals surface area (Å²) in [6.45, 7) is 8.92. The second-order valence-corrected chi connectivity index (χ2v) is 4.91. The molecular weight excluding hydrogens is 228 g/mol. The fourth-order valence-corrected chi connectivity index (χ4v) is 1.54. The van der Waals surface area contributed by atoms with Crippen LogP contribution in [-0.2, 0) is 4.74 Å². The van der Waals surface area contributed by atoms with Gasteiger partial charge >= 0.3 is 0 Å². The molecule has 0 heterocycles. The Hall–Kier alpha value is -1.06. The molecule has 0 saturated heterocycles. The lowest BCUT2D eigenvalue weighted by Gasteiger charge is -2.25. The Morgan fingerprint density at radius 3 is 2.50 bits per heavy atom. The maximum absolute atomic E-state index is 10.2. The van der Waals surface area contributed by atoms with Gasteiger partial charge in [-0.1, -0.05) is 25.1 Å². The second kappa shape index (κ2) is 6.76. The van der Waals surface area contributed by atoms with Crippen LogP contribution in [0.1, 0.15) is 45.8 Å². The van der Waals surface area contributed by atoms with Crippen LogP contribution < -0.4 is 4.74 Å². The molecular formula is C15H24O3. The van der Waals surface area contributed by atoms with Crippen molar-refractivity contribution in [3.05, 3.63) is 29.8 Å². The van der Waals surface area contributed by atoms with Crippen molar-refractivity contribution in [2.75, 3.05) is 13.2 Å². The van der Waals surface area contributed by atoms with E-state index in [1.54, 1.807) is 0 Å². The van der Waals surface area contributed by atoms with Crippen LogP contribution in [0, 0.1) is 0 Å². The van der Waals surface area contributed by atoms with Gasteiger partial charge in [0, 0.05) is 5.56 Å². The van der Waals surface area contributed by atoms with Gasteiger partial charge in [-0.3, -0.25) is 0 Å². The smallest absolute Gasteiger partial charge is 0.125 e. The summed E-state index contributed by atoms with van der Waals surface area (Å²) in [4.78, 5) is 0. The molecule has 0 aliphatic heterocycles. The highest BCUT2D eigenvalue weighted by Gasteiger charge is 2.20. The van der Waals surface area contributed by atoms with Crippen LogP contribution in [0.3, 0.4) is 0 Å². The molecule has 0 radical (unpaired) electrons. The quantitative estimate of drug-likeness (QED) is 0.809. The van der Waals surface area contributed by atoms with Crippen LogP contribution >= 0.6 is 0 Å². The average Bonchev–Trinajstić information content (AvgIpc) is 2.37. The third-order valence-electron chi connectivity index (χ3n) is 3.06. The highest BCUT2D eigenvalue weighted by molar-refractivity contribution is 5.35. The summed E-state index contributed by atoms with van der Waals surface area (Å²) in [6.07, 6.45) is 0.255. The predicted molar refractivity (Wildman–Crippen MR) is 72.9 cm³/mol. The fraction of sp³-hybridized carbons (Fsp3) is 0.600. The summed E-state index contributed by atoms with van der Waals surface area (Å²) in [5.74, 6) is 0.727. The Balaban J connectivity index is 2.69. The number of aliphatic hydroxyl groups is 1. The summed E-state index contributed by atoms with van der Waals surface area (Å²) in [5.41, 5.74) is 0.577. The summed E-state index contributed by atoms with van der Waals surface area (Å²) >= 11 is 0. The van der Waals surface area contributed by atoms with Crippen LogP contribution in [0.4, 0.5) is 0 Å². The minimum Gasteiger partial charge on any atom is -0.493 e. The van der Waals surface area contributed by atoms with Crippen molar-refractivity contribution in [1.82, 2.24) is 0 Å². The zero-order valence-corrected chi connectivity index (χ0v) is 11.8. The molecule has 1 unspecified atom stereocenters. The zero-order chi connectivity index (χ0) is 13.6. The van der Waals surface area contributed by atoms with E-state index in [0.717, 1.165) is 17.7 Å². The molecule has 0 spiro atoms. The van der Waals surface area contributed by atoms with Crippen molar-refractivity contribution in [1.29, 1.82) is 0 Å².